The van der Waals surface area contributed by atoms with Gasteiger partial charge in [-0.15, -0.1) is 11.3 Å². The van der Waals surface area contributed by atoms with Crippen LogP contribution in [0.4, 0.5) is 16.5 Å². The van der Waals surface area contributed by atoms with Crippen molar-refractivity contribution in [2.75, 3.05) is 29.2 Å². The van der Waals surface area contributed by atoms with Crippen molar-refractivity contribution in [2.45, 2.75) is 12.8 Å². The van der Waals surface area contributed by atoms with Crippen molar-refractivity contribution in [2.24, 2.45) is 0 Å². The Hall–Kier alpha value is -3.72. The van der Waals surface area contributed by atoms with Gasteiger partial charge in [0.1, 0.15) is 11.4 Å². The molecular weight excluding hydrogens is 416 g/mol. The monoisotopic (exact) mass is 436 g/mol. The molecule has 2 N–H and O–H groups in total. The van der Waals surface area contributed by atoms with E-state index in [1.165, 1.54) is 16.2 Å². The fourth-order valence-electron chi connectivity index (χ4n) is 3.06. The number of amides is 3. The number of carbonyl (C=O) groups excluding carboxylic acids is 3. The van der Waals surface area contributed by atoms with E-state index in [-0.39, 0.29) is 24.1 Å². The zero-order valence-electron chi connectivity index (χ0n) is 16.8. The van der Waals surface area contributed by atoms with Gasteiger partial charge >= 0.3 is 0 Å². The molecule has 0 saturated heterocycles. The lowest BCUT2D eigenvalue weighted by Crippen LogP contribution is -2.35. The Bertz CT molecular complexity index is 1130. The lowest BCUT2D eigenvalue weighted by atomic mass is 10.1. The number of aromatic nitrogens is 1. The highest BCUT2D eigenvalue weighted by molar-refractivity contribution is 7.14. The predicted octanol–water partition coefficient (Wildman–Crippen LogP) is 3.32. The van der Waals surface area contributed by atoms with Crippen molar-refractivity contribution < 1.29 is 19.1 Å². The molecule has 2 heterocycles. The zero-order chi connectivity index (χ0) is 21.8. The minimum Gasteiger partial charge on any atom is -0.482 e. The van der Waals surface area contributed by atoms with Gasteiger partial charge in [-0.25, -0.2) is 4.98 Å². The molecule has 0 bridgehead atoms. The minimum absolute atomic E-state index is 0.00608. The Morgan fingerprint density at radius 3 is 2.77 bits per heavy atom. The number of fused-ring (bicyclic) bond motifs is 1. The molecule has 0 saturated carbocycles. The maximum Gasteiger partial charge on any atom is 0.275 e. The smallest absolute Gasteiger partial charge is 0.275 e. The van der Waals surface area contributed by atoms with Crippen LogP contribution in [0, 0.1) is 0 Å². The molecule has 0 fully saturated rings. The average molecular weight is 436 g/mol. The molecule has 158 valence electrons. The van der Waals surface area contributed by atoms with Crippen LogP contribution in [0.25, 0.3) is 0 Å². The van der Waals surface area contributed by atoms with Gasteiger partial charge < -0.3 is 20.3 Å². The Morgan fingerprint density at radius 1 is 1.16 bits per heavy atom. The van der Waals surface area contributed by atoms with Crippen LogP contribution >= 0.6 is 11.3 Å². The van der Waals surface area contributed by atoms with Gasteiger partial charge in [0.2, 0.25) is 5.91 Å². The van der Waals surface area contributed by atoms with E-state index in [4.69, 9.17) is 4.74 Å². The lowest BCUT2D eigenvalue weighted by molar-refractivity contribution is -0.121. The normalized spacial score (nSPS) is 12.7. The SMILES string of the molecule is CN1C(=O)COc2ccc(NC(=O)c3csc(NC(=O)CCc4ccccc4)n3)cc21. The molecule has 31 heavy (non-hydrogen) atoms. The largest absolute Gasteiger partial charge is 0.482 e. The van der Waals surface area contributed by atoms with Crippen LogP contribution < -0.4 is 20.3 Å². The molecule has 3 amide bonds. The van der Waals surface area contributed by atoms with E-state index < -0.39 is 5.91 Å². The van der Waals surface area contributed by atoms with Gasteiger partial charge in [-0.1, -0.05) is 30.3 Å². The number of benzene rings is 2. The van der Waals surface area contributed by atoms with Gasteiger partial charge in [0.15, 0.2) is 11.7 Å². The Kier molecular flexibility index (Phi) is 5.94. The second-order valence-corrected chi connectivity index (χ2v) is 7.81. The third-order valence-corrected chi connectivity index (χ3v) is 5.53. The Balaban J connectivity index is 1.35. The summed E-state index contributed by atoms with van der Waals surface area (Å²) in [5, 5.41) is 7.44. The molecule has 1 aliphatic rings. The maximum absolute atomic E-state index is 12.5. The standard InChI is InChI=1S/C22H20N4O4S/c1-26-17-11-15(8-9-18(17)30-12-20(26)28)23-21(29)16-13-31-22(24-16)25-19(27)10-7-14-5-3-2-4-6-14/h2-6,8-9,11,13H,7,10,12H2,1H3,(H,23,29)(H,24,25,27). The van der Waals surface area contributed by atoms with Crippen LogP contribution in [0.1, 0.15) is 22.5 Å². The van der Waals surface area contributed by atoms with Gasteiger partial charge in [-0.3, -0.25) is 14.4 Å². The van der Waals surface area contributed by atoms with Crippen LogP contribution in [0.15, 0.2) is 53.9 Å². The number of nitrogens with one attached hydrogen (secondary N) is 2. The first-order valence-electron chi connectivity index (χ1n) is 9.63. The van der Waals surface area contributed by atoms with E-state index >= 15 is 0 Å². The number of carbonyl (C=O) groups is 3. The molecule has 1 aromatic heterocycles. The first kappa shape index (κ1) is 20.5. The number of hydrogen-bond donors (Lipinski definition) is 2. The van der Waals surface area contributed by atoms with Crippen molar-refractivity contribution >= 4 is 45.6 Å². The maximum atomic E-state index is 12.5. The number of ether oxygens (including phenoxy) is 1. The van der Waals surface area contributed by atoms with E-state index in [0.29, 0.717) is 35.1 Å². The van der Waals surface area contributed by atoms with E-state index in [9.17, 15) is 14.4 Å². The molecule has 0 atom stereocenters. The van der Waals surface area contributed by atoms with E-state index in [2.05, 4.69) is 15.6 Å². The molecule has 2 aromatic carbocycles. The number of likely N-dealkylation sites (N-methyl/N-ethyl adjacent to an activating group) is 1. The number of hydrogen-bond acceptors (Lipinski definition) is 6. The first-order chi connectivity index (χ1) is 15.0. The number of anilines is 3. The van der Waals surface area contributed by atoms with Crippen molar-refractivity contribution in [1.29, 1.82) is 0 Å². The van der Waals surface area contributed by atoms with Crippen LogP contribution in [-0.4, -0.2) is 36.4 Å². The van der Waals surface area contributed by atoms with E-state index in [0.717, 1.165) is 5.56 Å². The molecule has 0 spiro atoms. The molecule has 4 rings (SSSR count). The average Bonchev–Trinajstić information content (AvgIpc) is 3.24. The van der Waals surface area contributed by atoms with Gasteiger partial charge in [-0.05, 0) is 30.2 Å². The van der Waals surface area contributed by atoms with E-state index in [1.807, 2.05) is 30.3 Å². The van der Waals surface area contributed by atoms with Crippen molar-refractivity contribution in [3.63, 3.8) is 0 Å². The Labute approximate surface area is 182 Å². The van der Waals surface area contributed by atoms with Crippen molar-refractivity contribution in [3.8, 4) is 5.75 Å². The zero-order valence-corrected chi connectivity index (χ0v) is 17.6. The molecule has 1 aliphatic heterocycles. The van der Waals surface area contributed by atoms with Gasteiger partial charge in [0, 0.05) is 24.5 Å². The Morgan fingerprint density at radius 2 is 1.97 bits per heavy atom. The van der Waals surface area contributed by atoms with Crippen LogP contribution in [-0.2, 0) is 16.0 Å². The van der Waals surface area contributed by atoms with Gasteiger partial charge in [0.25, 0.3) is 11.8 Å². The fourth-order valence-corrected chi connectivity index (χ4v) is 3.77. The number of aryl methyl sites for hydroxylation is 1. The summed E-state index contributed by atoms with van der Waals surface area (Å²) in [4.78, 5) is 42.2. The quantitative estimate of drug-likeness (QED) is 0.617. The minimum atomic E-state index is -0.410. The summed E-state index contributed by atoms with van der Waals surface area (Å²) in [6, 6.07) is 14.8. The summed E-state index contributed by atoms with van der Waals surface area (Å²) >= 11 is 1.19. The molecule has 8 nitrogen and oxygen atoms in total. The predicted molar refractivity (Wildman–Crippen MR) is 119 cm³/mol. The fraction of sp³-hybridized carbons (Fsp3) is 0.182. The van der Waals surface area contributed by atoms with Crippen LogP contribution in [0.3, 0.4) is 0 Å². The highest BCUT2D eigenvalue weighted by Gasteiger charge is 2.23. The molecule has 0 aliphatic carbocycles. The molecule has 0 radical (unpaired) electrons. The number of nitrogens with zero attached hydrogens (tertiary/aromatic N) is 2. The lowest BCUT2D eigenvalue weighted by Gasteiger charge is -2.26. The highest BCUT2D eigenvalue weighted by Crippen LogP contribution is 2.33. The first-order valence-corrected chi connectivity index (χ1v) is 10.5. The van der Waals surface area contributed by atoms with Crippen molar-refractivity contribution in [3.05, 3.63) is 65.2 Å². The third kappa shape index (κ3) is 4.89. The molecule has 3 aromatic rings. The van der Waals surface area contributed by atoms with E-state index in [1.54, 1.807) is 30.6 Å². The topological polar surface area (TPSA) is 101 Å². The number of thiazole rings is 1. The second-order valence-electron chi connectivity index (χ2n) is 6.95. The van der Waals surface area contributed by atoms with Gasteiger partial charge in [-0.2, -0.15) is 0 Å². The second kappa shape index (κ2) is 8.97. The summed E-state index contributed by atoms with van der Waals surface area (Å²) in [5.41, 5.74) is 2.37. The highest BCUT2D eigenvalue weighted by atomic mass is 32.1. The molecular formula is C22H20N4O4S. The summed E-state index contributed by atoms with van der Waals surface area (Å²) in [5.74, 6) is -0.156. The summed E-state index contributed by atoms with van der Waals surface area (Å²) in [7, 11) is 1.66. The van der Waals surface area contributed by atoms with Crippen molar-refractivity contribution in [1.82, 2.24) is 4.98 Å². The van der Waals surface area contributed by atoms with Gasteiger partial charge in [0.05, 0.1) is 5.69 Å². The summed E-state index contributed by atoms with van der Waals surface area (Å²) in [6.07, 6.45) is 0.957. The third-order valence-electron chi connectivity index (χ3n) is 4.77. The summed E-state index contributed by atoms with van der Waals surface area (Å²) < 4.78 is 5.38. The molecule has 9 heteroatoms. The molecule has 0 unspecified atom stereocenters. The number of rotatable bonds is 6. The van der Waals surface area contributed by atoms with Crippen LogP contribution in [0.5, 0.6) is 5.75 Å². The van der Waals surface area contributed by atoms with Crippen LogP contribution in [0.2, 0.25) is 0 Å². The summed E-state index contributed by atoms with van der Waals surface area (Å²) in [6.45, 7) is -0.00608.